The van der Waals surface area contributed by atoms with Crippen LogP contribution in [0.5, 0.6) is 0 Å². The molecule has 0 unspecified atom stereocenters. The molecule has 2 rings (SSSR count). The summed E-state index contributed by atoms with van der Waals surface area (Å²) in [5.41, 5.74) is 7.93. The number of hydrogen-bond acceptors (Lipinski definition) is 3. The van der Waals surface area contributed by atoms with Gasteiger partial charge < -0.3 is 11.1 Å². The van der Waals surface area contributed by atoms with Crippen LogP contribution < -0.4 is 11.1 Å². The van der Waals surface area contributed by atoms with Crippen LogP contribution in [0.4, 0.5) is 11.4 Å². The number of hydrogen-bond donors (Lipinski definition) is 3. The summed E-state index contributed by atoms with van der Waals surface area (Å²) in [6.07, 6.45) is 0.711. The van der Waals surface area contributed by atoms with Gasteiger partial charge in [0.25, 0.3) is 5.91 Å². The Morgan fingerprint density at radius 3 is 2.94 bits per heavy atom. The predicted octanol–water partition coefficient (Wildman–Crippen LogP) is 2.57. The minimum absolute atomic E-state index is 0.229. The maximum absolute atomic E-state index is 12.0. The molecule has 18 heavy (non-hydrogen) atoms. The molecule has 0 saturated heterocycles. The lowest BCUT2D eigenvalue weighted by molar-refractivity contribution is 0.102. The minimum atomic E-state index is -0.318. The van der Waals surface area contributed by atoms with Crippen LogP contribution in [0, 0.1) is 0 Å². The predicted molar refractivity (Wildman–Crippen MR) is 74.5 cm³/mol. The van der Waals surface area contributed by atoms with Crippen LogP contribution in [0.3, 0.4) is 0 Å². The highest BCUT2D eigenvalue weighted by Crippen LogP contribution is 2.19. The van der Waals surface area contributed by atoms with E-state index in [1.165, 1.54) is 0 Å². The standard InChI is InChI=1S/C12H13BrN4O/c1-2-9-10(14)11(17-16-9)12(18)15-8-5-3-4-7(13)6-8/h3-6H,2,14H2,1H3,(H,15,18)(H,16,17). The van der Waals surface area contributed by atoms with Crippen molar-refractivity contribution in [2.45, 2.75) is 13.3 Å². The number of aryl methyl sites for hydroxylation is 1. The van der Waals surface area contributed by atoms with Gasteiger partial charge in [0.05, 0.1) is 11.4 Å². The number of rotatable bonds is 3. The largest absolute Gasteiger partial charge is 0.395 e. The number of aromatic nitrogens is 2. The third-order valence-corrected chi connectivity index (χ3v) is 3.03. The van der Waals surface area contributed by atoms with Gasteiger partial charge in [-0.1, -0.05) is 28.9 Å². The lowest BCUT2D eigenvalue weighted by Crippen LogP contribution is -2.14. The highest BCUT2D eigenvalue weighted by molar-refractivity contribution is 9.10. The third-order valence-electron chi connectivity index (χ3n) is 2.53. The molecule has 0 aliphatic heterocycles. The van der Waals surface area contributed by atoms with Gasteiger partial charge in [-0.15, -0.1) is 0 Å². The lowest BCUT2D eigenvalue weighted by atomic mass is 10.2. The van der Waals surface area contributed by atoms with E-state index in [-0.39, 0.29) is 11.6 Å². The van der Waals surface area contributed by atoms with Crippen LogP contribution in [0.25, 0.3) is 0 Å². The number of nitrogen functional groups attached to an aromatic ring is 1. The average Bonchev–Trinajstić information content (AvgIpc) is 2.70. The fraction of sp³-hybridized carbons (Fsp3) is 0.167. The quantitative estimate of drug-likeness (QED) is 0.815. The summed E-state index contributed by atoms with van der Waals surface area (Å²) < 4.78 is 0.893. The highest BCUT2D eigenvalue weighted by atomic mass is 79.9. The first-order valence-electron chi connectivity index (χ1n) is 5.51. The number of nitrogens with one attached hydrogen (secondary N) is 2. The average molecular weight is 309 g/mol. The number of anilines is 2. The molecule has 0 atom stereocenters. The summed E-state index contributed by atoms with van der Waals surface area (Å²) in [7, 11) is 0. The lowest BCUT2D eigenvalue weighted by Gasteiger charge is -2.04. The summed E-state index contributed by atoms with van der Waals surface area (Å²) in [4.78, 5) is 12.0. The number of carbonyl (C=O) groups excluding carboxylic acids is 1. The number of nitrogens with zero attached hydrogens (tertiary/aromatic N) is 1. The number of H-pyrrole nitrogens is 1. The molecule has 0 saturated carbocycles. The first-order chi connectivity index (χ1) is 8.61. The zero-order valence-corrected chi connectivity index (χ0v) is 11.4. The summed E-state index contributed by atoms with van der Waals surface area (Å²) in [6, 6.07) is 7.33. The molecule has 5 nitrogen and oxygen atoms in total. The van der Waals surface area contributed by atoms with Crippen molar-refractivity contribution in [3.05, 3.63) is 40.1 Å². The number of amides is 1. The Morgan fingerprint density at radius 2 is 2.33 bits per heavy atom. The van der Waals surface area contributed by atoms with Gasteiger partial charge in [-0.05, 0) is 24.6 Å². The molecule has 0 aliphatic rings. The Hall–Kier alpha value is -1.82. The normalized spacial score (nSPS) is 10.3. The SMILES string of the molecule is CCc1[nH]nc(C(=O)Nc2cccc(Br)c2)c1N. The maximum atomic E-state index is 12.0. The molecule has 4 N–H and O–H groups in total. The van der Waals surface area contributed by atoms with Crippen LogP contribution >= 0.6 is 15.9 Å². The van der Waals surface area contributed by atoms with Crippen molar-refractivity contribution in [1.82, 2.24) is 10.2 Å². The van der Waals surface area contributed by atoms with Crippen molar-refractivity contribution in [2.75, 3.05) is 11.1 Å². The summed E-state index contributed by atoms with van der Waals surface area (Å²) in [5, 5.41) is 9.43. The molecule has 2 aromatic rings. The minimum Gasteiger partial charge on any atom is -0.395 e. The molecule has 1 aromatic heterocycles. The molecule has 1 aromatic carbocycles. The molecule has 0 radical (unpaired) electrons. The monoisotopic (exact) mass is 308 g/mol. The second kappa shape index (κ2) is 5.22. The molecular formula is C12H13BrN4O. The number of nitrogens with two attached hydrogens (primary N) is 1. The van der Waals surface area contributed by atoms with Crippen molar-refractivity contribution in [2.24, 2.45) is 0 Å². The maximum Gasteiger partial charge on any atom is 0.278 e. The Morgan fingerprint density at radius 1 is 1.56 bits per heavy atom. The molecule has 0 bridgehead atoms. The van der Waals surface area contributed by atoms with E-state index in [2.05, 4.69) is 31.4 Å². The van der Waals surface area contributed by atoms with Gasteiger partial charge in [-0.2, -0.15) is 5.10 Å². The van der Waals surface area contributed by atoms with Crippen LogP contribution in [0.2, 0.25) is 0 Å². The first kappa shape index (κ1) is 12.6. The van der Waals surface area contributed by atoms with Gasteiger partial charge >= 0.3 is 0 Å². The Balaban J connectivity index is 2.19. The number of carbonyl (C=O) groups is 1. The van der Waals surface area contributed by atoms with Gasteiger partial charge in [-0.3, -0.25) is 9.89 Å². The van der Waals surface area contributed by atoms with E-state index >= 15 is 0 Å². The van der Waals surface area contributed by atoms with Gasteiger partial charge in [-0.25, -0.2) is 0 Å². The summed E-state index contributed by atoms with van der Waals surface area (Å²) in [6.45, 7) is 1.94. The number of benzene rings is 1. The Bertz CT molecular complexity index is 579. The fourth-order valence-corrected chi connectivity index (χ4v) is 1.99. The molecule has 0 fully saturated rings. The zero-order valence-electron chi connectivity index (χ0n) is 9.83. The van der Waals surface area contributed by atoms with Crippen LogP contribution in [-0.4, -0.2) is 16.1 Å². The molecule has 1 amide bonds. The van der Waals surface area contributed by atoms with E-state index < -0.39 is 0 Å². The summed E-state index contributed by atoms with van der Waals surface area (Å²) >= 11 is 3.34. The van der Waals surface area contributed by atoms with E-state index in [0.717, 1.165) is 10.2 Å². The van der Waals surface area contributed by atoms with E-state index in [9.17, 15) is 4.79 Å². The summed E-state index contributed by atoms with van der Waals surface area (Å²) in [5.74, 6) is -0.318. The molecular weight excluding hydrogens is 296 g/mol. The zero-order chi connectivity index (χ0) is 13.1. The molecule has 0 spiro atoms. The Labute approximate surface area is 113 Å². The highest BCUT2D eigenvalue weighted by Gasteiger charge is 2.16. The Kier molecular flexibility index (Phi) is 3.66. The second-order valence-corrected chi connectivity index (χ2v) is 4.70. The van der Waals surface area contributed by atoms with Crippen molar-refractivity contribution in [3.63, 3.8) is 0 Å². The van der Waals surface area contributed by atoms with Crippen LogP contribution in [-0.2, 0) is 6.42 Å². The van der Waals surface area contributed by atoms with E-state index in [1.807, 2.05) is 25.1 Å². The van der Waals surface area contributed by atoms with Gasteiger partial charge in [0, 0.05) is 10.2 Å². The van der Waals surface area contributed by atoms with Gasteiger partial charge in [0.15, 0.2) is 5.69 Å². The van der Waals surface area contributed by atoms with E-state index in [1.54, 1.807) is 6.07 Å². The van der Waals surface area contributed by atoms with Crippen LogP contribution in [0.15, 0.2) is 28.7 Å². The van der Waals surface area contributed by atoms with Crippen molar-refractivity contribution in [3.8, 4) is 0 Å². The fourth-order valence-electron chi connectivity index (χ4n) is 1.59. The first-order valence-corrected chi connectivity index (χ1v) is 6.30. The third kappa shape index (κ3) is 2.53. The molecule has 94 valence electrons. The van der Waals surface area contributed by atoms with Crippen molar-refractivity contribution in [1.29, 1.82) is 0 Å². The van der Waals surface area contributed by atoms with Crippen LogP contribution in [0.1, 0.15) is 23.1 Å². The molecule has 0 aliphatic carbocycles. The topological polar surface area (TPSA) is 83.8 Å². The van der Waals surface area contributed by atoms with Gasteiger partial charge in [0.1, 0.15) is 0 Å². The van der Waals surface area contributed by atoms with Gasteiger partial charge in [0.2, 0.25) is 0 Å². The molecule has 1 heterocycles. The van der Waals surface area contributed by atoms with E-state index in [0.29, 0.717) is 17.8 Å². The smallest absolute Gasteiger partial charge is 0.278 e. The van der Waals surface area contributed by atoms with Crippen molar-refractivity contribution >= 4 is 33.2 Å². The van der Waals surface area contributed by atoms with E-state index in [4.69, 9.17) is 5.73 Å². The number of aromatic amines is 1. The molecule has 6 heteroatoms. The number of halogens is 1. The van der Waals surface area contributed by atoms with Crippen molar-refractivity contribution < 1.29 is 4.79 Å². The second-order valence-electron chi connectivity index (χ2n) is 3.78.